The summed E-state index contributed by atoms with van der Waals surface area (Å²) in [5, 5.41) is 15.5. The molecule has 1 fully saturated rings. The van der Waals surface area contributed by atoms with E-state index in [1.54, 1.807) is 7.05 Å². The highest BCUT2D eigenvalue weighted by Crippen LogP contribution is 2.41. The normalized spacial score (nSPS) is 22.6. The van der Waals surface area contributed by atoms with Crippen molar-refractivity contribution in [2.24, 2.45) is 5.10 Å². The molecule has 7 nitrogen and oxygen atoms in total. The van der Waals surface area contributed by atoms with Gasteiger partial charge < -0.3 is 10.2 Å². The quantitative estimate of drug-likeness (QED) is 0.647. The largest absolute Gasteiger partial charge is 0.341 e. The average Bonchev–Trinajstić information content (AvgIpc) is 2.52. The lowest BCUT2D eigenvalue weighted by Crippen LogP contribution is -2.53. The Labute approximate surface area is 130 Å². The zero-order valence-corrected chi connectivity index (χ0v) is 13.3. The maximum absolute atomic E-state index is 12.2. The molecule has 2 atom stereocenters. The van der Waals surface area contributed by atoms with Crippen molar-refractivity contribution in [3.05, 3.63) is 17.3 Å². The summed E-state index contributed by atoms with van der Waals surface area (Å²) in [6.45, 7) is 3.83. The zero-order chi connectivity index (χ0) is 15.7. The fourth-order valence-electron chi connectivity index (χ4n) is 3.35. The summed E-state index contributed by atoms with van der Waals surface area (Å²) in [4.78, 5) is 14.2. The monoisotopic (exact) mass is 302 g/mol. The lowest BCUT2D eigenvalue weighted by atomic mass is 9.82. The van der Waals surface area contributed by atoms with Crippen LogP contribution in [0, 0.1) is 0 Å². The molecule has 1 aromatic rings. The number of nitrogens with zero attached hydrogens (tertiary/aromatic N) is 4. The number of carbonyl (C=O) groups is 1. The molecule has 2 bridgehead atoms. The van der Waals surface area contributed by atoms with Crippen LogP contribution in [-0.4, -0.2) is 39.9 Å². The van der Waals surface area contributed by atoms with Gasteiger partial charge in [-0.3, -0.25) is 5.43 Å². The minimum Gasteiger partial charge on any atom is -0.341 e. The molecule has 0 spiro atoms. The number of piperidine rings is 1. The summed E-state index contributed by atoms with van der Waals surface area (Å²) in [6.07, 6.45) is 3.92. The Morgan fingerprint density at radius 2 is 2.18 bits per heavy atom. The maximum atomic E-state index is 12.2. The van der Waals surface area contributed by atoms with Crippen LogP contribution in [0.5, 0.6) is 0 Å². The number of rotatable bonds is 2. The van der Waals surface area contributed by atoms with Gasteiger partial charge in [0.1, 0.15) is 0 Å². The highest BCUT2D eigenvalue weighted by molar-refractivity contribution is 5.79. The third-order valence-electron chi connectivity index (χ3n) is 4.28. The first-order chi connectivity index (χ1) is 10.6. The van der Waals surface area contributed by atoms with Gasteiger partial charge in [-0.05, 0) is 39.2 Å². The highest BCUT2D eigenvalue weighted by atomic mass is 16.2. The predicted octanol–water partition coefficient (Wildman–Crippen LogP) is 2.08. The standard InChI is InChI=1S/C15H22N6O/c1-9(2)17-19-14-8-11-12(18-20-14)7-10-5-4-6-13(11)21(10)15(22)16-3/h8,10,13H,4-7H2,1-3H3,(H,16,22)(H,19,20). The number of nitrogens with one attached hydrogen (secondary N) is 2. The summed E-state index contributed by atoms with van der Waals surface area (Å²) in [5.41, 5.74) is 5.95. The summed E-state index contributed by atoms with van der Waals surface area (Å²) in [6, 6.07) is 2.30. The van der Waals surface area contributed by atoms with Crippen molar-refractivity contribution in [2.45, 2.75) is 51.6 Å². The molecular formula is C15H22N6O. The second kappa shape index (κ2) is 5.90. The molecule has 7 heteroatoms. The van der Waals surface area contributed by atoms with E-state index in [0.29, 0.717) is 5.82 Å². The van der Waals surface area contributed by atoms with Gasteiger partial charge in [0.25, 0.3) is 0 Å². The number of hydrogen-bond acceptors (Lipinski definition) is 5. The number of hydrogen-bond donors (Lipinski definition) is 2. The van der Waals surface area contributed by atoms with Crippen LogP contribution in [0.2, 0.25) is 0 Å². The van der Waals surface area contributed by atoms with Crippen molar-refractivity contribution in [1.82, 2.24) is 20.4 Å². The third-order valence-corrected chi connectivity index (χ3v) is 4.28. The molecule has 0 saturated carbocycles. The molecule has 2 aliphatic rings. The molecule has 1 saturated heterocycles. The van der Waals surface area contributed by atoms with Gasteiger partial charge in [0.05, 0.1) is 11.7 Å². The summed E-state index contributed by atoms with van der Waals surface area (Å²) >= 11 is 0. The van der Waals surface area contributed by atoms with Crippen LogP contribution in [0.1, 0.15) is 50.4 Å². The fourth-order valence-corrected chi connectivity index (χ4v) is 3.35. The molecule has 3 heterocycles. The number of fused-ring (bicyclic) bond motifs is 4. The summed E-state index contributed by atoms with van der Waals surface area (Å²) in [7, 11) is 1.68. The first-order valence-corrected chi connectivity index (χ1v) is 7.73. The molecule has 0 aromatic carbocycles. The zero-order valence-electron chi connectivity index (χ0n) is 13.3. The second-order valence-electron chi connectivity index (χ2n) is 6.07. The van der Waals surface area contributed by atoms with Gasteiger partial charge >= 0.3 is 6.03 Å². The Morgan fingerprint density at radius 3 is 2.91 bits per heavy atom. The van der Waals surface area contributed by atoms with Crippen LogP contribution in [0.15, 0.2) is 11.2 Å². The van der Waals surface area contributed by atoms with Gasteiger partial charge in [0.2, 0.25) is 0 Å². The molecule has 3 rings (SSSR count). The van der Waals surface area contributed by atoms with Gasteiger partial charge in [-0.25, -0.2) is 4.79 Å². The molecule has 1 aromatic heterocycles. The van der Waals surface area contributed by atoms with E-state index in [4.69, 9.17) is 0 Å². The second-order valence-corrected chi connectivity index (χ2v) is 6.07. The first kappa shape index (κ1) is 14.7. The molecule has 2 amide bonds. The molecule has 2 N–H and O–H groups in total. The lowest BCUT2D eigenvalue weighted by molar-refractivity contribution is 0.0962. The number of aromatic nitrogens is 2. The van der Waals surface area contributed by atoms with E-state index in [2.05, 4.69) is 26.0 Å². The Balaban J connectivity index is 1.94. The van der Waals surface area contributed by atoms with Gasteiger partial charge in [-0.2, -0.15) is 10.2 Å². The Kier molecular flexibility index (Phi) is 3.96. The molecular weight excluding hydrogens is 280 g/mol. The van der Waals surface area contributed by atoms with E-state index in [-0.39, 0.29) is 18.1 Å². The number of urea groups is 1. The van der Waals surface area contributed by atoms with Gasteiger partial charge in [0.15, 0.2) is 5.82 Å². The minimum absolute atomic E-state index is 0.00547. The molecule has 118 valence electrons. The lowest BCUT2D eigenvalue weighted by Gasteiger charge is -2.46. The predicted molar refractivity (Wildman–Crippen MR) is 84.8 cm³/mol. The van der Waals surface area contributed by atoms with Crippen molar-refractivity contribution in [3.8, 4) is 0 Å². The first-order valence-electron chi connectivity index (χ1n) is 7.73. The van der Waals surface area contributed by atoms with Crippen molar-refractivity contribution < 1.29 is 4.79 Å². The van der Waals surface area contributed by atoms with Crippen molar-refractivity contribution in [2.75, 3.05) is 12.5 Å². The van der Waals surface area contributed by atoms with Crippen LogP contribution in [0.4, 0.5) is 10.6 Å². The van der Waals surface area contributed by atoms with E-state index < -0.39 is 0 Å². The number of carbonyl (C=O) groups excluding carboxylic acids is 1. The topological polar surface area (TPSA) is 82.5 Å². The van der Waals surface area contributed by atoms with Crippen LogP contribution in [0.25, 0.3) is 0 Å². The van der Waals surface area contributed by atoms with Gasteiger partial charge in [-0.15, -0.1) is 5.10 Å². The van der Waals surface area contributed by atoms with Gasteiger partial charge in [-0.1, -0.05) is 0 Å². The minimum atomic E-state index is -0.00547. The van der Waals surface area contributed by atoms with Crippen LogP contribution >= 0.6 is 0 Å². The smallest absolute Gasteiger partial charge is 0.317 e. The molecule has 2 aliphatic heterocycles. The fraction of sp³-hybridized carbons (Fsp3) is 0.600. The van der Waals surface area contributed by atoms with Crippen LogP contribution < -0.4 is 10.7 Å². The van der Waals surface area contributed by atoms with Crippen LogP contribution in [-0.2, 0) is 6.42 Å². The third kappa shape index (κ3) is 2.63. The number of hydrazone groups is 1. The molecule has 0 aliphatic carbocycles. The highest BCUT2D eigenvalue weighted by Gasteiger charge is 2.40. The summed E-state index contributed by atoms with van der Waals surface area (Å²) < 4.78 is 0. The van der Waals surface area contributed by atoms with E-state index in [9.17, 15) is 4.79 Å². The molecule has 0 radical (unpaired) electrons. The average molecular weight is 302 g/mol. The van der Waals surface area contributed by atoms with E-state index in [1.807, 2.05) is 24.8 Å². The molecule has 22 heavy (non-hydrogen) atoms. The number of amides is 2. The van der Waals surface area contributed by atoms with Crippen molar-refractivity contribution >= 4 is 17.6 Å². The molecule has 2 unspecified atom stereocenters. The Hall–Kier alpha value is -2.18. The van der Waals surface area contributed by atoms with Gasteiger partial charge in [0, 0.05) is 30.8 Å². The van der Waals surface area contributed by atoms with Crippen molar-refractivity contribution in [1.29, 1.82) is 0 Å². The van der Waals surface area contributed by atoms with E-state index in [1.165, 1.54) is 0 Å². The maximum Gasteiger partial charge on any atom is 0.317 e. The van der Waals surface area contributed by atoms with Crippen molar-refractivity contribution in [3.63, 3.8) is 0 Å². The Bertz CT molecular complexity index is 610. The van der Waals surface area contributed by atoms with E-state index in [0.717, 1.165) is 42.7 Å². The van der Waals surface area contributed by atoms with E-state index >= 15 is 0 Å². The Morgan fingerprint density at radius 1 is 1.36 bits per heavy atom. The number of anilines is 1. The van der Waals surface area contributed by atoms with Crippen LogP contribution in [0.3, 0.4) is 0 Å². The summed E-state index contributed by atoms with van der Waals surface area (Å²) in [5.74, 6) is 0.626. The SMILES string of the molecule is CNC(=O)N1C2CCCC1c1cc(NN=C(C)C)nnc1C2.